The fourth-order valence-corrected chi connectivity index (χ4v) is 3.01. The van der Waals surface area contributed by atoms with E-state index in [2.05, 4.69) is 21.2 Å². The van der Waals surface area contributed by atoms with Gasteiger partial charge in [0, 0.05) is 34.2 Å². The van der Waals surface area contributed by atoms with Crippen LogP contribution in [0.1, 0.15) is 5.56 Å². The Bertz CT molecular complexity index is 798. The quantitative estimate of drug-likeness (QED) is 0.771. The second-order valence-corrected chi connectivity index (χ2v) is 6.72. The molecular weight excluding hydrogens is 415 g/mol. The lowest BCUT2D eigenvalue weighted by Crippen LogP contribution is -2.31. The number of carbonyl (C=O) groups is 1. The lowest BCUT2D eigenvalue weighted by atomic mass is 10.2. The van der Waals surface area contributed by atoms with Crippen molar-refractivity contribution in [1.29, 1.82) is 0 Å². The largest absolute Gasteiger partial charge is 0.486 e. The highest BCUT2D eigenvalue weighted by molar-refractivity contribution is 9.10. The fourth-order valence-electron chi connectivity index (χ4n) is 2.36. The molecule has 2 aromatic carbocycles. The minimum Gasteiger partial charge on any atom is -0.486 e. The van der Waals surface area contributed by atoms with Gasteiger partial charge in [0.05, 0.1) is 12.2 Å². The molecule has 0 atom stereocenters. The number of nitrogens with one attached hydrogen (secondary N) is 1. The Balaban J connectivity index is 1.73. The van der Waals surface area contributed by atoms with E-state index in [1.807, 2.05) is 0 Å². The molecule has 132 valence electrons. The highest BCUT2D eigenvalue weighted by Gasteiger charge is 2.18. The molecule has 3 rings (SSSR count). The summed E-state index contributed by atoms with van der Waals surface area (Å²) in [5.41, 5.74) is 0.795. The SMILES string of the molecule is CN(Cc1c(F)cccc1Cl)C(=O)Nc1cc2c(cc1Br)OCCO2. The molecule has 1 aliphatic rings. The van der Waals surface area contributed by atoms with Crippen molar-refractivity contribution in [3.63, 3.8) is 0 Å². The van der Waals surface area contributed by atoms with E-state index in [1.165, 1.54) is 17.0 Å². The predicted octanol–water partition coefficient (Wildman–Crippen LogP) is 4.68. The molecular formula is C17H15BrClFN2O3. The Labute approximate surface area is 157 Å². The number of benzene rings is 2. The van der Waals surface area contributed by atoms with E-state index >= 15 is 0 Å². The minimum absolute atomic E-state index is 0.0412. The molecule has 1 N–H and O–H groups in total. The summed E-state index contributed by atoms with van der Waals surface area (Å²) in [6, 6.07) is 7.43. The third kappa shape index (κ3) is 3.99. The van der Waals surface area contributed by atoms with Crippen LogP contribution in [0.25, 0.3) is 0 Å². The number of halogens is 3. The average Bonchev–Trinajstić information content (AvgIpc) is 2.58. The smallest absolute Gasteiger partial charge is 0.321 e. The molecule has 0 unspecified atom stereocenters. The van der Waals surface area contributed by atoms with Crippen LogP contribution in [-0.2, 0) is 6.54 Å². The molecule has 0 radical (unpaired) electrons. The molecule has 0 spiro atoms. The van der Waals surface area contributed by atoms with Crippen molar-refractivity contribution in [3.8, 4) is 11.5 Å². The van der Waals surface area contributed by atoms with E-state index in [0.29, 0.717) is 34.9 Å². The Kier molecular flexibility index (Phi) is 5.34. The van der Waals surface area contributed by atoms with Crippen molar-refractivity contribution < 1.29 is 18.7 Å². The van der Waals surface area contributed by atoms with Crippen molar-refractivity contribution in [3.05, 3.63) is 51.2 Å². The second-order valence-electron chi connectivity index (χ2n) is 5.46. The van der Waals surface area contributed by atoms with Crippen molar-refractivity contribution in [1.82, 2.24) is 4.90 Å². The van der Waals surface area contributed by atoms with Crippen LogP contribution in [0.2, 0.25) is 5.02 Å². The number of anilines is 1. The van der Waals surface area contributed by atoms with E-state index < -0.39 is 11.8 Å². The molecule has 5 nitrogen and oxygen atoms in total. The van der Waals surface area contributed by atoms with Gasteiger partial charge in [0.2, 0.25) is 0 Å². The summed E-state index contributed by atoms with van der Waals surface area (Å²) >= 11 is 9.40. The summed E-state index contributed by atoms with van der Waals surface area (Å²) in [5.74, 6) is 0.722. The van der Waals surface area contributed by atoms with Gasteiger partial charge in [-0.15, -0.1) is 0 Å². The van der Waals surface area contributed by atoms with E-state index in [0.717, 1.165) is 0 Å². The Morgan fingerprint density at radius 2 is 2.00 bits per heavy atom. The number of amides is 2. The van der Waals surface area contributed by atoms with Crippen molar-refractivity contribution >= 4 is 39.2 Å². The van der Waals surface area contributed by atoms with E-state index in [1.54, 1.807) is 25.2 Å². The van der Waals surface area contributed by atoms with Crippen molar-refractivity contribution in [2.24, 2.45) is 0 Å². The van der Waals surface area contributed by atoms with Gasteiger partial charge in [0.25, 0.3) is 0 Å². The summed E-state index contributed by atoms with van der Waals surface area (Å²) < 4.78 is 25.5. The van der Waals surface area contributed by atoms with Gasteiger partial charge in [-0.2, -0.15) is 0 Å². The topological polar surface area (TPSA) is 50.8 Å². The first-order chi connectivity index (χ1) is 12.0. The van der Waals surface area contributed by atoms with Crippen molar-refractivity contribution in [2.45, 2.75) is 6.54 Å². The Morgan fingerprint density at radius 3 is 2.68 bits per heavy atom. The lowest BCUT2D eigenvalue weighted by molar-refractivity contribution is 0.171. The maximum atomic E-state index is 13.9. The van der Waals surface area contributed by atoms with Crippen LogP contribution in [0.5, 0.6) is 11.5 Å². The zero-order valence-electron chi connectivity index (χ0n) is 13.3. The van der Waals surface area contributed by atoms with Crippen LogP contribution in [0.4, 0.5) is 14.9 Å². The van der Waals surface area contributed by atoms with Gasteiger partial charge in [-0.05, 0) is 28.1 Å². The zero-order valence-corrected chi connectivity index (χ0v) is 15.7. The summed E-state index contributed by atoms with van der Waals surface area (Å²) in [4.78, 5) is 13.8. The number of nitrogens with zero attached hydrogens (tertiary/aromatic N) is 1. The molecule has 0 aromatic heterocycles. The van der Waals surface area contributed by atoms with Crippen LogP contribution >= 0.6 is 27.5 Å². The van der Waals surface area contributed by atoms with Crippen molar-refractivity contribution in [2.75, 3.05) is 25.6 Å². The number of rotatable bonds is 3. The molecule has 0 fully saturated rings. The predicted molar refractivity (Wildman–Crippen MR) is 97.0 cm³/mol. The van der Waals surface area contributed by atoms with Gasteiger partial charge in [-0.25, -0.2) is 9.18 Å². The van der Waals surface area contributed by atoms with Crippen LogP contribution in [-0.4, -0.2) is 31.2 Å². The first-order valence-electron chi connectivity index (χ1n) is 7.50. The molecule has 8 heteroatoms. The average molecular weight is 430 g/mol. The van der Waals surface area contributed by atoms with E-state index in [-0.39, 0.29) is 17.1 Å². The second kappa shape index (κ2) is 7.49. The summed E-state index contributed by atoms with van der Waals surface area (Å²) in [7, 11) is 1.56. The maximum absolute atomic E-state index is 13.9. The van der Waals surface area contributed by atoms with Gasteiger partial charge in [0.15, 0.2) is 11.5 Å². The summed E-state index contributed by atoms with van der Waals surface area (Å²) in [6.07, 6.45) is 0. The molecule has 1 heterocycles. The molecule has 1 aliphatic heterocycles. The number of fused-ring (bicyclic) bond motifs is 1. The van der Waals surface area contributed by atoms with Gasteiger partial charge >= 0.3 is 6.03 Å². The zero-order chi connectivity index (χ0) is 18.0. The van der Waals surface area contributed by atoms with Gasteiger partial charge in [-0.3, -0.25) is 0 Å². The highest BCUT2D eigenvalue weighted by atomic mass is 79.9. The van der Waals surface area contributed by atoms with Gasteiger partial charge < -0.3 is 19.7 Å². The van der Waals surface area contributed by atoms with Crippen LogP contribution in [0.15, 0.2) is 34.8 Å². The standard InChI is InChI=1S/C17H15BrClFN2O3/c1-22(9-10-12(19)3-2-4-13(10)20)17(23)21-14-8-16-15(7-11(14)18)24-5-6-25-16/h2-4,7-8H,5-6,9H2,1H3,(H,21,23). The number of carbonyl (C=O) groups excluding carboxylic acids is 1. The first kappa shape index (κ1) is 17.8. The Hall–Kier alpha value is -1.99. The monoisotopic (exact) mass is 428 g/mol. The van der Waals surface area contributed by atoms with Crippen LogP contribution in [0, 0.1) is 5.82 Å². The molecule has 2 aromatic rings. The van der Waals surface area contributed by atoms with Gasteiger partial charge in [0.1, 0.15) is 19.0 Å². The molecule has 2 amide bonds. The van der Waals surface area contributed by atoms with E-state index in [9.17, 15) is 9.18 Å². The molecule has 0 bridgehead atoms. The summed E-state index contributed by atoms with van der Waals surface area (Å²) in [5, 5.41) is 3.04. The van der Waals surface area contributed by atoms with Gasteiger partial charge in [-0.1, -0.05) is 17.7 Å². The molecule has 0 saturated carbocycles. The highest BCUT2D eigenvalue weighted by Crippen LogP contribution is 2.38. The Morgan fingerprint density at radius 1 is 1.32 bits per heavy atom. The van der Waals surface area contributed by atoms with Crippen LogP contribution < -0.4 is 14.8 Å². The third-order valence-corrected chi connectivity index (χ3v) is 4.69. The molecule has 0 aliphatic carbocycles. The first-order valence-corrected chi connectivity index (χ1v) is 8.67. The number of ether oxygens (including phenoxy) is 2. The summed E-state index contributed by atoms with van der Waals surface area (Å²) in [6.45, 7) is 0.977. The molecule has 25 heavy (non-hydrogen) atoms. The fraction of sp³-hybridized carbons (Fsp3) is 0.235. The lowest BCUT2D eigenvalue weighted by Gasteiger charge is -2.22. The van der Waals surface area contributed by atoms with Crippen LogP contribution in [0.3, 0.4) is 0 Å². The number of urea groups is 1. The number of hydrogen-bond acceptors (Lipinski definition) is 3. The number of hydrogen-bond donors (Lipinski definition) is 1. The van der Waals surface area contributed by atoms with E-state index in [4.69, 9.17) is 21.1 Å². The maximum Gasteiger partial charge on any atom is 0.321 e. The third-order valence-electron chi connectivity index (χ3n) is 3.68. The molecule has 0 saturated heterocycles. The normalized spacial score (nSPS) is 12.6. The minimum atomic E-state index is -0.451.